The van der Waals surface area contributed by atoms with Gasteiger partial charge in [0.15, 0.2) is 11.6 Å². The molecule has 8 heteroatoms. The van der Waals surface area contributed by atoms with E-state index >= 15 is 0 Å². The van der Waals surface area contributed by atoms with Gasteiger partial charge in [-0.25, -0.2) is 19.9 Å². The van der Waals surface area contributed by atoms with E-state index in [4.69, 9.17) is 14.7 Å². The minimum atomic E-state index is 0.653. The number of fused-ring (bicyclic) bond motifs is 1. The maximum Gasteiger partial charge on any atom is 0.165 e. The molecule has 1 N–H and O–H groups in total. The molecule has 3 aromatic heterocycles. The number of anilines is 2. The molecule has 0 aromatic carbocycles. The van der Waals surface area contributed by atoms with E-state index in [1.165, 1.54) is 6.33 Å². The highest BCUT2D eigenvalue weighted by Gasteiger charge is 2.20. The molecular weight excluding hydrogens is 312 g/mol. The van der Waals surface area contributed by atoms with Crippen molar-refractivity contribution in [2.24, 2.45) is 0 Å². The molecular formula is C15H16N6OS. The van der Waals surface area contributed by atoms with Crippen LogP contribution in [0.15, 0.2) is 24.8 Å². The largest absolute Gasteiger partial charge is 0.380 e. The van der Waals surface area contributed by atoms with Gasteiger partial charge in [0, 0.05) is 32.5 Å². The Balaban J connectivity index is 1.88. The summed E-state index contributed by atoms with van der Waals surface area (Å²) >= 11 is 1.67. The fourth-order valence-electron chi connectivity index (χ4n) is 2.57. The van der Waals surface area contributed by atoms with Crippen LogP contribution >= 0.6 is 11.3 Å². The predicted octanol–water partition coefficient (Wildman–Crippen LogP) is 2.03. The lowest BCUT2D eigenvalue weighted by Crippen LogP contribution is -2.36. The molecule has 0 amide bonds. The van der Waals surface area contributed by atoms with Gasteiger partial charge in [0.25, 0.3) is 0 Å². The molecule has 4 rings (SSSR count). The minimum Gasteiger partial charge on any atom is -0.380 e. The zero-order valence-corrected chi connectivity index (χ0v) is 13.5. The van der Waals surface area contributed by atoms with Gasteiger partial charge in [-0.2, -0.15) is 0 Å². The quantitative estimate of drug-likeness (QED) is 0.788. The molecule has 118 valence electrons. The lowest BCUT2D eigenvalue weighted by Gasteiger charge is -2.28. The van der Waals surface area contributed by atoms with Crippen molar-refractivity contribution in [2.75, 3.05) is 43.6 Å². The Hall–Kier alpha value is -2.32. The maximum absolute atomic E-state index is 5.46. The molecule has 1 aliphatic heterocycles. The van der Waals surface area contributed by atoms with Crippen molar-refractivity contribution in [3.05, 3.63) is 24.8 Å². The SMILES string of the molecule is CNc1cc2nc(-c3cncnc3)nc(N3CCOCC3)c2s1. The second-order valence-corrected chi connectivity index (χ2v) is 6.22. The van der Waals surface area contributed by atoms with Crippen LogP contribution in [-0.4, -0.2) is 53.3 Å². The van der Waals surface area contributed by atoms with Crippen LogP contribution in [0.2, 0.25) is 0 Å². The Morgan fingerprint density at radius 2 is 1.96 bits per heavy atom. The number of ether oxygens (including phenoxy) is 1. The number of nitrogens with zero attached hydrogens (tertiary/aromatic N) is 5. The minimum absolute atomic E-state index is 0.653. The summed E-state index contributed by atoms with van der Waals surface area (Å²) in [6.07, 6.45) is 4.99. The molecule has 7 nitrogen and oxygen atoms in total. The van der Waals surface area contributed by atoms with Gasteiger partial charge in [0.1, 0.15) is 6.33 Å². The van der Waals surface area contributed by atoms with Crippen molar-refractivity contribution < 1.29 is 4.74 Å². The standard InChI is InChI=1S/C15H16N6OS/c1-16-12-6-11-13(23-12)15(21-2-4-22-5-3-21)20-14(19-11)10-7-17-9-18-8-10/h6-9,16H,2-5H2,1H3. The Morgan fingerprint density at radius 1 is 1.17 bits per heavy atom. The average Bonchev–Trinajstić information content (AvgIpc) is 3.05. The number of aromatic nitrogens is 4. The van der Waals surface area contributed by atoms with Gasteiger partial charge in [-0.1, -0.05) is 0 Å². The van der Waals surface area contributed by atoms with Crippen LogP contribution in [0.5, 0.6) is 0 Å². The van der Waals surface area contributed by atoms with Crippen LogP contribution in [-0.2, 0) is 4.74 Å². The summed E-state index contributed by atoms with van der Waals surface area (Å²) in [7, 11) is 1.92. The Kier molecular flexibility index (Phi) is 3.76. The van der Waals surface area contributed by atoms with Gasteiger partial charge in [0.05, 0.1) is 34.0 Å². The molecule has 4 heterocycles. The maximum atomic E-state index is 5.46. The van der Waals surface area contributed by atoms with Crippen molar-refractivity contribution in [3.63, 3.8) is 0 Å². The molecule has 0 saturated carbocycles. The van der Waals surface area contributed by atoms with Gasteiger partial charge in [-0.05, 0) is 6.07 Å². The summed E-state index contributed by atoms with van der Waals surface area (Å²) in [5.41, 5.74) is 1.76. The lowest BCUT2D eigenvalue weighted by molar-refractivity contribution is 0.122. The van der Waals surface area contributed by atoms with Gasteiger partial charge in [0.2, 0.25) is 0 Å². The number of rotatable bonds is 3. The highest BCUT2D eigenvalue weighted by molar-refractivity contribution is 7.23. The fourth-order valence-corrected chi connectivity index (χ4v) is 3.54. The summed E-state index contributed by atoms with van der Waals surface area (Å²) in [6.45, 7) is 3.12. The van der Waals surface area contributed by atoms with Gasteiger partial charge in [-0.15, -0.1) is 11.3 Å². The highest BCUT2D eigenvalue weighted by atomic mass is 32.1. The van der Waals surface area contributed by atoms with Crippen molar-refractivity contribution >= 4 is 32.4 Å². The van der Waals surface area contributed by atoms with Crippen LogP contribution in [0.1, 0.15) is 0 Å². The van der Waals surface area contributed by atoms with Crippen LogP contribution in [0.3, 0.4) is 0 Å². The zero-order valence-electron chi connectivity index (χ0n) is 12.7. The molecule has 0 spiro atoms. The molecule has 0 atom stereocenters. The molecule has 23 heavy (non-hydrogen) atoms. The molecule has 0 radical (unpaired) electrons. The highest BCUT2D eigenvalue weighted by Crippen LogP contribution is 2.36. The second kappa shape index (κ2) is 6.05. The monoisotopic (exact) mass is 328 g/mol. The molecule has 1 saturated heterocycles. The van der Waals surface area contributed by atoms with E-state index in [0.29, 0.717) is 5.82 Å². The Morgan fingerprint density at radius 3 is 2.70 bits per heavy atom. The van der Waals surface area contributed by atoms with E-state index in [2.05, 4.69) is 26.3 Å². The number of nitrogens with one attached hydrogen (secondary N) is 1. The van der Waals surface area contributed by atoms with E-state index in [1.807, 2.05) is 7.05 Å². The first-order valence-corrected chi connectivity index (χ1v) is 8.24. The summed E-state index contributed by atoms with van der Waals surface area (Å²) in [5.74, 6) is 1.61. The Bertz CT molecular complexity index is 815. The first-order valence-electron chi connectivity index (χ1n) is 7.42. The normalized spacial score (nSPS) is 15.1. The van der Waals surface area contributed by atoms with Gasteiger partial charge >= 0.3 is 0 Å². The van der Waals surface area contributed by atoms with Crippen LogP contribution in [0, 0.1) is 0 Å². The number of thiophene rings is 1. The fraction of sp³-hybridized carbons (Fsp3) is 0.333. The molecule has 1 aliphatic rings. The molecule has 3 aromatic rings. The summed E-state index contributed by atoms with van der Waals surface area (Å²) in [6, 6.07) is 2.05. The number of hydrogen-bond acceptors (Lipinski definition) is 8. The Labute approximate surface area is 137 Å². The topological polar surface area (TPSA) is 76.1 Å². The van der Waals surface area contributed by atoms with Crippen molar-refractivity contribution in [1.82, 2.24) is 19.9 Å². The smallest absolute Gasteiger partial charge is 0.165 e. The van der Waals surface area contributed by atoms with Crippen LogP contribution in [0.25, 0.3) is 21.6 Å². The molecule has 0 unspecified atom stereocenters. The number of hydrogen-bond donors (Lipinski definition) is 1. The molecule has 0 aliphatic carbocycles. The summed E-state index contributed by atoms with van der Waals surface area (Å²) < 4.78 is 6.55. The van der Waals surface area contributed by atoms with Crippen LogP contribution < -0.4 is 10.2 Å². The van der Waals surface area contributed by atoms with E-state index < -0.39 is 0 Å². The third-order valence-electron chi connectivity index (χ3n) is 3.73. The first kappa shape index (κ1) is 14.3. The van der Waals surface area contributed by atoms with E-state index in [0.717, 1.165) is 52.9 Å². The van der Waals surface area contributed by atoms with E-state index in [-0.39, 0.29) is 0 Å². The second-order valence-electron chi connectivity index (χ2n) is 5.17. The summed E-state index contributed by atoms with van der Waals surface area (Å²) in [4.78, 5) is 19.9. The third kappa shape index (κ3) is 2.71. The number of morpholine rings is 1. The summed E-state index contributed by atoms with van der Waals surface area (Å²) in [5, 5.41) is 4.26. The van der Waals surface area contributed by atoms with Crippen molar-refractivity contribution in [1.29, 1.82) is 0 Å². The van der Waals surface area contributed by atoms with Crippen molar-refractivity contribution in [2.45, 2.75) is 0 Å². The van der Waals surface area contributed by atoms with Crippen LogP contribution in [0.4, 0.5) is 10.8 Å². The molecule has 1 fully saturated rings. The van der Waals surface area contributed by atoms with Gasteiger partial charge in [-0.3, -0.25) is 0 Å². The van der Waals surface area contributed by atoms with Gasteiger partial charge < -0.3 is 15.0 Å². The third-order valence-corrected chi connectivity index (χ3v) is 4.87. The zero-order chi connectivity index (χ0) is 15.6. The average molecular weight is 328 g/mol. The molecule has 0 bridgehead atoms. The van der Waals surface area contributed by atoms with Crippen molar-refractivity contribution in [3.8, 4) is 11.4 Å². The van der Waals surface area contributed by atoms with E-state index in [9.17, 15) is 0 Å². The predicted molar refractivity (Wildman–Crippen MR) is 91.0 cm³/mol. The van der Waals surface area contributed by atoms with E-state index in [1.54, 1.807) is 23.7 Å². The lowest BCUT2D eigenvalue weighted by atomic mass is 10.3. The first-order chi connectivity index (χ1) is 11.3.